The van der Waals surface area contributed by atoms with Crippen molar-refractivity contribution in [3.05, 3.63) is 35.3 Å². The van der Waals surface area contributed by atoms with E-state index < -0.39 is 0 Å². The lowest BCUT2D eigenvalue weighted by molar-refractivity contribution is 0.455. The molecule has 1 aliphatic rings. The van der Waals surface area contributed by atoms with Crippen molar-refractivity contribution in [1.29, 1.82) is 5.26 Å². The van der Waals surface area contributed by atoms with Crippen molar-refractivity contribution < 1.29 is 4.74 Å². The predicted molar refractivity (Wildman–Crippen MR) is 73.7 cm³/mol. The molecule has 0 saturated heterocycles. The Morgan fingerprint density at radius 1 is 1.40 bits per heavy atom. The highest BCUT2D eigenvalue weighted by Gasteiger charge is 2.18. The SMILES string of the molecule is CC(C)n1cc(Oc2nc3c(cc2C#N)CCC3)cn1. The molecule has 3 rings (SSSR count). The molecule has 0 N–H and O–H groups in total. The smallest absolute Gasteiger partial charge is 0.237 e. The van der Waals surface area contributed by atoms with Crippen LogP contribution in [-0.4, -0.2) is 14.8 Å². The van der Waals surface area contributed by atoms with Gasteiger partial charge in [-0.2, -0.15) is 10.4 Å². The summed E-state index contributed by atoms with van der Waals surface area (Å²) < 4.78 is 7.55. The quantitative estimate of drug-likeness (QED) is 0.858. The van der Waals surface area contributed by atoms with Gasteiger partial charge >= 0.3 is 0 Å². The summed E-state index contributed by atoms with van der Waals surface area (Å²) in [5.74, 6) is 0.997. The molecule has 0 unspecified atom stereocenters. The van der Waals surface area contributed by atoms with E-state index in [0.29, 0.717) is 17.2 Å². The molecule has 0 aromatic carbocycles. The maximum absolute atomic E-state index is 9.23. The average molecular weight is 268 g/mol. The molecule has 2 aromatic heterocycles. The van der Waals surface area contributed by atoms with Crippen molar-refractivity contribution in [2.45, 2.75) is 39.2 Å². The zero-order valence-corrected chi connectivity index (χ0v) is 11.6. The molecule has 20 heavy (non-hydrogen) atoms. The third kappa shape index (κ3) is 2.25. The van der Waals surface area contributed by atoms with Gasteiger partial charge in [0.25, 0.3) is 0 Å². The van der Waals surface area contributed by atoms with Gasteiger partial charge in [0, 0.05) is 11.7 Å². The van der Waals surface area contributed by atoms with Crippen LogP contribution in [0.3, 0.4) is 0 Å². The third-order valence-corrected chi connectivity index (χ3v) is 3.46. The van der Waals surface area contributed by atoms with Crippen LogP contribution in [0.1, 0.15) is 43.1 Å². The van der Waals surface area contributed by atoms with Gasteiger partial charge in [-0.15, -0.1) is 0 Å². The molecular formula is C15H16N4O. The summed E-state index contributed by atoms with van der Waals surface area (Å²) in [7, 11) is 0. The van der Waals surface area contributed by atoms with Gasteiger partial charge in [0.15, 0.2) is 5.75 Å². The van der Waals surface area contributed by atoms with Crippen LogP contribution >= 0.6 is 0 Å². The number of aryl methyl sites for hydroxylation is 2. The molecule has 0 fully saturated rings. The van der Waals surface area contributed by atoms with Gasteiger partial charge in [-0.3, -0.25) is 4.68 Å². The second kappa shape index (κ2) is 4.97. The number of nitrogens with zero attached hydrogens (tertiary/aromatic N) is 4. The Hall–Kier alpha value is -2.35. The van der Waals surface area contributed by atoms with Crippen LogP contribution in [0, 0.1) is 11.3 Å². The van der Waals surface area contributed by atoms with E-state index in [2.05, 4.69) is 16.2 Å². The lowest BCUT2D eigenvalue weighted by Gasteiger charge is -2.07. The highest BCUT2D eigenvalue weighted by molar-refractivity contribution is 5.45. The van der Waals surface area contributed by atoms with Crippen LogP contribution in [0.25, 0.3) is 0 Å². The van der Waals surface area contributed by atoms with Crippen molar-refractivity contribution >= 4 is 0 Å². The summed E-state index contributed by atoms with van der Waals surface area (Å²) in [5, 5.41) is 13.5. The largest absolute Gasteiger partial charge is 0.434 e. The number of hydrogen-bond donors (Lipinski definition) is 0. The summed E-state index contributed by atoms with van der Waals surface area (Å²) in [6.07, 6.45) is 6.53. The zero-order chi connectivity index (χ0) is 14.1. The van der Waals surface area contributed by atoms with E-state index in [0.717, 1.165) is 25.0 Å². The zero-order valence-electron chi connectivity index (χ0n) is 11.6. The van der Waals surface area contributed by atoms with E-state index in [9.17, 15) is 5.26 Å². The van der Waals surface area contributed by atoms with Crippen LogP contribution in [0.5, 0.6) is 11.6 Å². The van der Waals surface area contributed by atoms with Gasteiger partial charge in [-0.05, 0) is 44.7 Å². The highest BCUT2D eigenvalue weighted by Crippen LogP contribution is 2.29. The van der Waals surface area contributed by atoms with Gasteiger partial charge in [0.05, 0.1) is 12.4 Å². The molecule has 2 heterocycles. The van der Waals surface area contributed by atoms with Crippen molar-refractivity contribution in [3.63, 3.8) is 0 Å². The van der Waals surface area contributed by atoms with E-state index in [1.807, 2.05) is 30.8 Å². The molecule has 5 nitrogen and oxygen atoms in total. The second-order valence-electron chi connectivity index (χ2n) is 5.26. The van der Waals surface area contributed by atoms with E-state index in [4.69, 9.17) is 4.74 Å². The Bertz CT molecular complexity index is 682. The van der Waals surface area contributed by atoms with Crippen molar-refractivity contribution in [1.82, 2.24) is 14.8 Å². The molecule has 0 amide bonds. The Balaban J connectivity index is 1.92. The van der Waals surface area contributed by atoms with Crippen LogP contribution in [-0.2, 0) is 12.8 Å². The Labute approximate surface area is 117 Å². The first kappa shape index (κ1) is 12.7. The Morgan fingerprint density at radius 2 is 2.25 bits per heavy atom. The van der Waals surface area contributed by atoms with Crippen molar-refractivity contribution in [3.8, 4) is 17.7 Å². The number of aromatic nitrogens is 3. The third-order valence-electron chi connectivity index (χ3n) is 3.46. The monoisotopic (exact) mass is 268 g/mol. The first-order chi connectivity index (χ1) is 9.67. The van der Waals surface area contributed by atoms with Gasteiger partial charge in [-0.1, -0.05) is 0 Å². The van der Waals surface area contributed by atoms with E-state index in [1.54, 1.807) is 6.20 Å². The lowest BCUT2D eigenvalue weighted by atomic mass is 10.1. The van der Waals surface area contributed by atoms with Gasteiger partial charge in [-0.25, -0.2) is 4.98 Å². The molecule has 0 radical (unpaired) electrons. The van der Waals surface area contributed by atoms with E-state index in [-0.39, 0.29) is 6.04 Å². The van der Waals surface area contributed by atoms with Crippen molar-refractivity contribution in [2.24, 2.45) is 0 Å². The molecule has 0 aliphatic heterocycles. The lowest BCUT2D eigenvalue weighted by Crippen LogP contribution is -2.00. The molecule has 102 valence electrons. The summed E-state index contributed by atoms with van der Waals surface area (Å²) in [6.45, 7) is 4.09. The minimum atomic E-state index is 0.274. The Kier molecular flexibility index (Phi) is 3.15. The predicted octanol–water partition coefficient (Wildman–Crippen LogP) is 3.01. The van der Waals surface area contributed by atoms with Gasteiger partial charge in [0.1, 0.15) is 11.6 Å². The molecule has 5 heteroatoms. The Morgan fingerprint density at radius 3 is 2.95 bits per heavy atom. The van der Waals surface area contributed by atoms with Gasteiger partial charge < -0.3 is 4.74 Å². The topological polar surface area (TPSA) is 63.7 Å². The minimum absolute atomic E-state index is 0.274. The molecule has 1 aliphatic carbocycles. The number of fused-ring (bicyclic) bond motifs is 1. The summed E-state index contributed by atoms with van der Waals surface area (Å²) in [5.41, 5.74) is 2.71. The number of rotatable bonds is 3. The van der Waals surface area contributed by atoms with E-state index in [1.165, 1.54) is 5.56 Å². The van der Waals surface area contributed by atoms with Crippen molar-refractivity contribution in [2.75, 3.05) is 0 Å². The maximum Gasteiger partial charge on any atom is 0.237 e. The fourth-order valence-corrected chi connectivity index (χ4v) is 2.38. The normalized spacial score (nSPS) is 13.3. The van der Waals surface area contributed by atoms with Crippen LogP contribution < -0.4 is 4.74 Å². The molecule has 0 spiro atoms. The van der Waals surface area contributed by atoms with Crippen LogP contribution in [0.2, 0.25) is 0 Å². The maximum atomic E-state index is 9.23. The number of ether oxygens (including phenoxy) is 1. The first-order valence-electron chi connectivity index (χ1n) is 6.82. The fourth-order valence-electron chi connectivity index (χ4n) is 2.38. The first-order valence-corrected chi connectivity index (χ1v) is 6.82. The molecule has 0 atom stereocenters. The summed E-state index contributed by atoms with van der Waals surface area (Å²) in [4.78, 5) is 4.49. The summed E-state index contributed by atoms with van der Waals surface area (Å²) in [6, 6.07) is 4.33. The number of pyridine rings is 1. The molecule has 0 saturated carbocycles. The number of nitriles is 1. The van der Waals surface area contributed by atoms with Crippen LogP contribution in [0.15, 0.2) is 18.5 Å². The fraction of sp³-hybridized carbons (Fsp3) is 0.400. The second-order valence-corrected chi connectivity index (χ2v) is 5.26. The average Bonchev–Trinajstić information content (AvgIpc) is 3.06. The molecule has 0 bridgehead atoms. The van der Waals surface area contributed by atoms with Gasteiger partial charge in [0.2, 0.25) is 5.88 Å². The standard InChI is InChI=1S/C15H16N4O/c1-10(2)19-9-13(8-17-19)20-15-12(7-16)6-11-4-3-5-14(11)18-15/h6,8-10H,3-5H2,1-2H3. The minimum Gasteiger partial charge on any atom is -0.434 e. The van der Waals surface area contributed by atoms with E-state index >= 15 is 0 Å². The molecule has 2 aromatic rings. The molecular weight excluding hydrogens is 252 g/mol. The van der Waals surface area contributed by atoms with Crippen LogP contribution in [0.4, 0.5) is 0 Å². The summed E-state index contributed by atoms with van der Waals surface area (Å²) >= 11 is 0. The highest BCUT2D eigenvalue weighted by atomic mass is 16.5. The number of hydrogen-bond acceptors (Lipinski definition) is 4.